The van der Waals surface area contributed by atoms with Crippen LogP contribution in [0.25, 0.3) is 0 Å². The molecule has 2 aliphatic rings. The summed E-state index contributed by atoms with van der Waals surface area (Å²) < 4.78 is 0. The van der Waals surface area contributed by atoms with Gasteiger partial charge in [0.2, 0.25) is 0 Å². The van der Waals surface area contributed by atoms with Crippen LogP contribution in [0, 0.1) is 10.8 Å². The normalized spacial score (nSPS) is 27.9. The summed E-state index contributed by atoms with van der Waals surface area (Å²) in [6, 6.07) is 5.06. The van der Waals surface area contributed by atoms with E-state index in [1.54, 1.807) is 23.1 Å². The molecule has 1 saturated carbocycles. The molecule has 0 spiro atoms. The summed E-state index contributed by atoms with van der Waals surface area (Å²) in [6.45, 7) is 7.30. The molecule has 1 aromatic carbocycles. The van der Waals surface area contributed by atoms with Crippen molar-refractivity contribution in [1.82, 2.24) is 4.90 Å². The van der Waals surface area contributed by atoms with E-state index < -0.39 is 11.8 Å². The number of anilines is 1. The Hall–Kier alpha value is -1.26. The zero-order valence-electron chi connectivity index (χ0n) is 14.2. The minimum absolute atomic E-state index is 0.0877. The fourth-order valence-corrected chi connectivity index (χ4v) is 5.10. The highest BCUT2D eigenvalue weighted by molar-refractivity contribution is 6.44. The molecule has 1 heterocycles. The van der Waals surface area contributed by atoms with Crippen LogP contribution in [0.3, 0.4) is 0 Å². The predicted octanol–water partition coefficient (Wildman–Crippen LogP) is 4.36. The molecule has 2 fully saturated rings. The molecule has 1 aliphatic heterocycles. The number of para-hydroxylation sites is 1. The third-order valence-corrected chi connectivity index (χ3v) is 5.70. The molecule has 2 amide bonds. The van der Waals surface area contributed by atoms with Crippen molar-refractivity contribution in [1.29, 1.82) is 0 Å². The van der Waals surface area contributed by atoms with Crippen molar-refractivity contribution in [2.45, 2.75) is 46.1 Å². The smallest absolute Gasteiger partial charge is 0.313 e. The quantitative estimate of drug-likeness (QED) is 0.748. The summed E-state index contributed by atoms with van der Waals surface area (Å²) in [5.41, 5.74) is 0.562. The first-order chi connectivity index (χ1) is 11.1. The Bertz CT molecular complexity index is 684. The van der Waals surface area contributed by atoms with Gasteiger partial charge in [0.15, 0.2) is 0 Å². The first-order valence-electron chi connectivity index (χ1n) is 8.16. The molecule has 0 aromatic heterocycles. The lowest BCUT2D eigenvalue weighted by Crippen LogP contribution is -2.43. The summed E-state index contributed by atoms with van der Waals surface area (Å²) in [7, 11) is 0. The number of amides is 2. The number of nitrogens with zero attached hydrogens (tertiary/aromatic N) is 1. The van der Waals surface area contributed by atoms with Crippen molar-refractivity contribution in [3.63, 3.8) is 0 Å². The minimum atomic E-state index is -0.682. The lowest BCUT2D eigenvalue weighted by Gasteiger charge is -2.39. The van der Waals surface area contributed by atoms with Crippen LogP contribution in [-0.2, 0) is 9.59 Å². The van der Waals surface area contributed by atoms with Crippen molar-refractivity contribution in [3.05, 3.63) is 28.2 Å². The van der Waals surface area contributed by atoms with E-state index in [-0.39, 0.29) is 22.6 Å². The molecule has 1 aromatic rings. The molecule has 1 saturated heterocycles. The highest BCUT2D eigenvalue weighted by Crippen LogP contribution is 2.52. The van der Waals surface area contributed by atoms with E-state index >= 15 is 0 Å². The Morgan fingerprint density at radius 2 is 1.79 bits per heavy atom. The van der Waals surface area contributed by atoms with Gasteiger partial charge in [-0.05, 0) is 42.2 Å². The molecule has 2 bridgehead atoms. The number of rotatable bonds is 1. The monoisotopic (exact) mass is 368 g/mol. The Morgan fingerprint density at radius 1 is 1.17 bits per heavy atom. The lowest BCUT2D eigenvalue weighted by molar-refractivity contribution is -0.144. The largest absolute Gasteiger partial charge is 0.331 e. The molecule has 0 radical (unpaired) electrons. The van der Waals surface area contributed by atoms with E-state index in [0.717, 1.165) is 19.3 Å². The predicted molar refractivity (Wildman–Crippen MR) is 96.3 cm³/mol. The number of halogens is 2. The molecule has 130 valence electrons. The Labute approximate surface area is 152 Å². The highest BCUT2D eigenvalue weighted by atomic mass is 35.5. The number of nitrogens with one attached hydrogen (secondary N) is 1. The summed E-state index contributed by atoms with van der Waals surface area (Å²) in [4.78, 5) is 26.9. The van der Waals surface area contributed by atoms with Gasteiger partial charge in [0.1, 0.15) is 0 Å². The Balaban J connectivity index is 1.77. The van der Waals surface area contributed by atoms with Gasteiger partial charge in [0, 0.05) is 12.6 Å². The highest BCUT2D eigenvalue weighted by Gasteiger charge is 2.51. The van der Waals surface area contributed by atoms with E-state index in [0.29, 0.717) is 16.6 Å². The average molecular weight is 369 g/mol. The zero-order valence-corrected chi connectivity index (χ0v) is 15.7. The topological polar surface area (TPSA) is 49.4 Å². The lowest BCUT2D eigenvalue weighted by atomic mass is 9.65. The van der Waals surface area contributed by atoms with Gasteiger partial charge in [-0.25, -0.2) is 0 Å². The first kappa shape index (κ1) is 17.6. The van der Waals surface area contributed by atoms with Crippen molar-refractivity contribution in [2.24, 2.45) is 10.8 Å². The van der Waals surface area contributed by atoms with Gasteiger partial charge in [0.25, 0.3) is 0 Å². The van der Waals surface area contributed by atoms with Crippen LogP contribution in [-0.4, -0.2) is 29.3 Å². The van der Waals surface area contributed by atoms with Gasteiger partial charge in [-0.2, -0.15) is 0 Å². The van der Waals surface area contributed by atoms with E-state index in [1.165, 1.54) is 0 Å². The van der Waals surface area contributed by atoms with E-state index in [9.17, 15) is 9.59 Å². The van der Waals surface area contributed by atoms with E-state index in [4.69, 9.17) is 23.2 Å². The average Bonchev–Trinajstić information content (AvgIpc) is 2.71. The van der Waals surface area contributed by atoms with Crippen molar-refractivity contribution >= 4 is 40.7 Å². The van der Waals surface area contributed by atoms with Crippen LogP contribution in [0.4, 0.5) is 5.69 Å². The summed E-state index contributed by atoms with van der Waals surface area (Å²) in [6.07, 6.45) is 2.95. The molecule has 4 nitrogen and oxygen atoms in total. The second-order valence-corrected chi connectivity index (χ2v) is 9.01. The van der Waals surface area contributed by atoms with Crippen LogP contribution in [0.1, 0.15) is 40.0 Å². The van der Waals surface area contributed by atoms with Crippen LogP contribution in [0.5, 0.6) is 0 Å². The van der Waals surface area contributed by atoms with E-state index in [1.807, 2.05) is 0 Å². The van der Waals surface area contributed by atoms with Gasteiger partial charge in [0.05, 0.1) is 15.7 Å². The molecule has 3 rings (SSSR count). The number of likely N-dealkylation sites (tertiary alicyclic amines) is 1. The van der Waals surface area contributed by atoms with Crippen molar-refractivity contribution < 1.29 is 9.59 Å². The summed E-state index contributed by atoms with van der Waals surface area (Å²) >= 11 is 12.1. The number of benzene rings is 1. The molecule has 6 heteroatoms. The maximum Gasteiger partial charge on any atom is 0.313 e. The van der Waals surface area contributed by atoms with Crippen LogP contribution >= 0.6 is 23.2 Å². The SMILES string of the molecule is CC1(C)CC2CC(C)(CN2C(=O)C(=O)Nc2c(Cl)cccc2Cl)C1. The number of hydrogen-bond donors (Lipinski definition) is 1. The molecule has 1 aliphatic carbocycles. The number of carbonyl (C=O) groups is 2. The second-order valence-electron chi connectivity index (χ2n) is 8.20. The standard InChI is InChI=1S/C18H22Cl2N2O2/c1-17(2)7-11-8-18(3,9-17)10-22(11)16(24)15(23)21-14-12(19)5-4-6-13(14)20/h4-6,11H,7-10H2,1-3H3,(H,21,23). The molecule has 2 atom stereocenters. The maximum atomic E-state index is 12.7. The Kier molecular flexibility index (Phi) is 4.33. The van der Waals surface area contributed by atoms with Crippen LogP contribution in [0.2, 0.25) is 10.0 Å². The van der Waals surface area contributed by atoms with Crippen LogP contribution in [0.15, 0.2) is 18.2 Å². The fourth-order valence-electron chi connectivity index (χ4n) is 4.61. The molecular formula is C18H22Cl2N2O2. The molecule has 24 heavy (non-hydrogen) atoms. The van der Waals surface area contributed by atoms with Gasteiger partial charge >= 0.3 is 11.8 Å². The molecular weight excluding hydrogens is 347 g/mol. The van der Waals surface area contributed by atoms with Crippen molar-refractivity contribution in [2.75, 3.05) is 11.9 Å². The van der Waals surface area contributed by atoms with Gasteiger partial charge in [-0.1, -0.05) is 50.0 Å². The third-order valence-electron chi connectivity index (χ3n) is 5.07. The number of hydrogen-bond acceptors (Lipinski definition) is 2. The second kappa shape index (κ2) is 5.92. The van der Waals surface area contributed by atoms with Gasteiger partial charge < -0.3 is 10.2 Å². The first-order valence-corrected chi connectivity index (χ1v) is 8.92. The zero-order chi connectivity index (χ0) is 17.7. The molecule has 1 N–H and O–H groups in total. The summed E-state index contributed by atoms with van der Waals surface area (Å²) in [5, 5.41) is 3.21. The van der Waals surface area contributed by atoms with Crippen LogP contribution < -0.4 is 5.32 Å². The number of carbonyl (C=O) groups excluding carboxylic acids is 2. The Morgan fingerprint density at radius 3 is 2.42 bits per heavy atom. The molecule has 2 unspecified atom stereocenters. The maximum absolute atomic E-state index is 12.7. The van der Waals surface area contributed by atoms with E-state index in [2.05, 4.69) is 26.1 Å². The minimum Gasteiger partial charge on any atom is -0.331 e. The van der Waals surface area contributed by atoms with Gasteiger partial charge in [-0.3, -0.25) is 9.59 Å². The summed E-state index contributed by atoms with van der Waals surface area (Å²) in [5.74, 6) is -1.18. The fraction of sp³-hybridized carbons (Fsp3) is 0.556. The van der Waals surface area contributed by atoms with Crippen molar-refractivity contribution in [3.8, 4) is 0 Å². The van der Waals surface area contributed by atoms with Gasteiger partial charge in [-0.15, -0.1) is 0 Å². The number of fused-ring (bicyclic) bond motifs is 2. The third kappa shape index (κ3) is 3.27.